The van der Waals surface area contributed by atoms with Gasteiger partial charge in [-0.3, -0.25) is 4.79 Å². The molecule has 0 aliphatic carbocycles. The fourth-order valence-corrected chi connectivity index (χ4v) is 2.50. The fourth-order valence-electron chi connectivity index (χ4n) is 1.95. The van der Waals surface area contributed by atoms with Crippen molar-refractivity contribution in [2.24, 2.45) is 0 Å². The van der Waals surface area contributed by atoms with Crippen LogP contribution in [-0.4, -0.2) is 6.29 Å². The van der Waals surface area contributed by atoms with E-state index < -0.39 is 0 Å². The number of para-hydroxylation sites is 1. The summed E-state index contributed by atoms with van der Waals surface area (Å²) in [6.45, 7) is 1.96. The van der Waals surface area contributed by atoms with Gasteiger partial charge in [-0.05, 0) is 36.8 Å². The van der Waals surface area contributed by atoms with Crippen molar-refractivity contribution in [3.63, 3.8) is 0 Å². The van der Waals surface area contributed by atoms with Gasteiger partial charge < -0.3 is 5.32 Å². The number of carbonyl (C=O) groups is 1. The number of halogens is 2. The molecular weight excluding hydrogens is 281 g/mol. The van der Waals surface area contributed by atoms with Crippen molar-refractivity contribution in [3.05, 3.63) is 63.6 Å². The van der Waals surface area contributed by atoms with Crippen LogP contribution in [-0.2, 0) is 0 Å². The molecule has 0 spiro atoms. The van der Waals surface area contributed by atoms with Gasteiger partial charge in [0.25, 0.3) is 0 Å². The minimum Gasteiger partial charge on any atom is -0.378 e. The highest BCUT2D eigenvalue weighted by Gasteiger charge is 2.14. The zero-order valence-electron chi connectivity index (χ0n) is 10.4. The zero-order valence-corrected chi connectivity index (χ0v) is 11.9. The largest absolute Gasteiger partial charge is 0.378 e. The van der Waals surface area contributed by atoms with Gasteiger partial charge in [0.2, 0.25) is 0 Å². The summed E-state index contributed by atoms with van der Waals surface area (Å²) in [5.41, 5.74) is 2.24. The van der Waals surface area contributed by atoms with Gasteiger partial charge in [0.15, 0.2) is 6.29 Å². The van der Waals surface area contributed by atoms with E-state index in [1.165, 1.54) is 0 Å². The lowest BCUT2D eigenvalue weighted by Gasteiger charge is -2.18. The molecule has 1 N–H and O–H groups in total. The molecule has 2 rings (SSSR count). The van der Waals surface area contributed by atoms with Crippen molar-refractivity contribution in [1.82, 2.24) is 0 Å². The van der Waals surface area contributed by atoms with Gasteiger partial charge >= 0.3 is 0 Å². The van der Waals surface area contributed by atoms with E-state index in [9.17, 15) is 4.79 Å². The van der Waals surface area contributed by atoms with Crippen LogP contribution in [0.2, 0.25) is 10.0 Å². The topological polar surface area (TPSA) is 29.1 Å². The normalized spacial score (nSPS) is 11.9. The third-order valence-electron chi connectivity index (χ3n) is 2.87. The molecule has 0 amide bonds. The van der Waals surface area contributed by atoms with Crippen molar-refractivity contribution in [2.45, 2.75) is 13.0 Å². The van der Waals surface area contributed by atoms with Crippen LogP contribution in [0.3, 0.4) is 0 Å². The molecule has 0 radical (unpaired) electrons. The highest BCUT2D eigenvalue weighted by atomic mass is 35.5. The second-order valence-corrected chi connectivity index (χ2v) is 5.08. The Morgan fingerprint density at radius 1 is 1.16 bits per heavy atom. The number of anilines is 1. The van der Waals surface area contributed by atoms with Gasteiger partial charge in [0.05, 0.1) is 5.02 Å². The molecule has 0 fully saturated rings. The van der Waals surface area contributed by atoms with Crippen LogP contribution in [0.4, 0.5) is 5.69 Å². The summed E-state index contributed by atoms with van der Waals surface area (Å²) in [5, 5.41) is 4.21. The molecule has 19 heavy (non-hydrogen) atoms. The number of hydrogen-bond acceptors (Lipinski definition) is 2. The molecule has 2 aromatic rings. The van der Waals surface area contributed by atoms with Crippen molar-refractivity contribution in [2.75, 3.05) is 5.32 Å². The van der Waals surface area contributed by atoms with Crippen molar-refractivity contribution in [1.29, 1.82) is 0 Å². The van der Waals surface area contributed by atoms with Crippen molar-refractivity contribution < 1.29 is 4.79 Å². The lowest BCUT2D eigenvalue weighted by Crippen LogP contribution is -2.09. The van der Waals surface area contributed by atoms with Gasteiger partial charge in [0.1, 0.15) is 0 Å². The Bertz CT molecular complexity index is 584. The third kappa shape index (κ3) is 3.28. The average molecular weight is 294 g/mol. The van der Waals surface area contributed by atoms with Crippen LogP contribution >= 0.6 is 23.2 Å². The Morgan fingerprint density at radius 2 is 1.84 bits per heavy atom. The van der Waals surface area contributed by atoms with Crippen molar-refractivity contribution >= 4 is 35.2 Å². The van der Waals surface area contributed by atoms with Crippen LogP contribution in [0.5, 0.6) is 0 Å². The molecule has 0 bridgehead atoms. The molecule has 0 aromatic heterocycles. The molecule has 0 aliphatic heterocycles. The maximum absolute atomic E-state index is 11.2. The Kier molecular flexibility index (Phi) is 4.46. The van der Waals surface area contributed by atoms with E-state index in [0.29, 0.717) is 15.6 Å². The smallest absolute Gasteiger partial charge is 0.151 e. The first-order valence-electron chi connectivity index (χ1n) is 5.87. The van der Waals surface area contributed by atoms with Crippen LogP contribution in [0.15, 0.2) is 42.5 Å². The highest BCUT2D eigenvalue weighted by molar-refractivity contribution is 6.36. The highest BCUT2D eigenvalue weighted by Crippen LogP contribution is 2.29. The molecule has 0 saturated carbocycles. The summed E-state index contributed by atoms with van der Waals surface area (Å²) >= 11 is 12.0. The predicted octanol–water partition coefficient (Wildman–Crippen LogP) is 4.98. The van der Waals surface area contributed by atoms with Gasteiger partial charge in [0, 0.05) is 22.3 Å². The number of benzene rings is 2. The van der Waals surface area contributed by atoms with E-state index >= 15 is 0 Å². The molecule has 2 nitrogen and oxygen atoms in total. The molecular formula is C15H13Cl2NO. The van der Waals surface area contributed by atoms with Gasteiger partial charge in [-0.25, -0.2) is 0 Å². The van der Waals surface area contributed by atoms with E-state index in [2.05, 4.69) is 5.32 Å². The molecule has 4 heteroatoms. The summed E-state index contributed by atoms with van der Waals surface area (Å²) in [4.78, 5) is 11.2. The van der Waals surface area contributed by atoms with E-state index in [4.69, 9.17) is 23.2 Å². The summed E-state index contributed by atoms with van der Waals surface area (Å²) < 4.78 is 0. The first-order valence-corrected chi connectivity index (χ1v) is 6.63. The Morgan fingerprint density at radius 3 is 2.47 bits per heavy atom. The van der Waals surface area contributed by atoms with E-state index in [0.717, 1.165) is 17.5 Å². The number of carbonyl (C=O) groups excluding carboxylic acids is 1. The Labute approximate surface area is 122 Å². The Hall–Kier alpha value is -1.51. The van der Waals surface area contributed by atoms with Crippen LogP contribution < -0.4 is 5.32 Å². The standard InChI is InChI=1S/C15H13Cl2NO/c1-10(18-12-5-3-2-4-6-12)13-7-11(16)8-15(17)14(13)9-19/h2-10,18H,1H3. The molecule has 98 valence electrons. The SMILES string of the molecule is CC(Nc1ccccc1)c1cc(Cl)cc(Cl)c1C=O. The van der Waals surface area contributed by atoms with Gasteiger partial charge in [-0.2, -0.15) is 0 Å². The van der Waals surface area contributed by atoms with E-state index in [1.807, 2.05) is 37.3 Å². The van der Waals surface area contributed by atoms with Crippen molar-refractivity contribution in [3.8, 4) is 0 Å². The summed E-state index contributed by atoms with van der Waals surface area (Å²) in [7, 11) is 0. The summed E-state index contributed by atoms with van der Waals surface area (Å²) in [6.07, 6.45) is 0.761. The molecule has 1 unspecified atom stereocenters. The lowest BCUT2D eigenvalue weighted by molar-refractivity contribution is 0.112. The Balaban J connectivity index is 2.33. The van der Waals surface area contributed by atoms with Gasteiger partial charge in [-0.1, -0.05) is 41.4 Å². The van der Waals surface area contributed by atoms with E-state index in [1.54, 1.807) is 12.1 Å². The van der Waals surface area contributed by atoms with Crippen LogP contribution in [0.25, 0.3) is 0 Å². The third-order valence-corrected chi connectivity index (χ3v) is 3.40. The first kappa shape index (κ1) is 13.9. The van der Waals surface area contributed by atoms with Crippen LogP contribution in [0.1, 0.15) is 28.9 Å². The maximum atomic E-state index is 11.2. The molecule has 2 aromatic carbocycles. The number of hydrogen-bond donors (Lipinski definition) is 1. The maximum Gasteiger partial charge on any atom is 0.151 e. The second kappa shape index (κ2) is 6.09. The molecule has 1 atom stereocenters. The number of rotatable bonds is 4. The lowest BCUT2D eigenvalue weighted by atomic mass is 10.0. The molecule has 0 aliphatic rings. The number of nitrogens with one attached hydrogen (secondary N) is 1. The summed E-state index contributed by atoms with van der Waals surface area (Å²) in [6, 6.07) is 13.0. The monoisotopic (exact) mass is 293 g/mol. The van der Waals surface area contributed by atoms with Gasteiger partial charge in [-0.15, -0.1) is 0 Å². The summed E-state index contributed by atoms with van der Waals surface area (Å²) in [5.74, 6) is 0. The quantitative estimate of drug-likeness (QED) is 0.806. The van der Waals surface area contributed by atoms with Crippen LogP contribution in [0, 0.1) is 0 Å². The molecule has 0 heterocycles. The minimum absolute atomic E-state index is 0.0706. The zero-order chi connectivity index (χ0) is 13.8. The molecule has 0 saturated heterocycles. The first-order chi connectivity index (χ1) is 9.11. The fraction of sp³-hybridized carbons (Fsp3) is 0.133. The average Bonchev–Trinajstić information content (AvgIpc) is 2.39. The predicted molar refractivity (Wildman–Crippen MR) is 80.3 cm³/mol. The number of aldehydes is 1. The van der Waals surface area contributed by atoms with E-state index in [-0.39, 0.29) is 6.04 Å². The minimum atomic E-state index is -0.0706. The second-order valence-electron chi connectivity index (χ2n) is 4.24.